The molecular formula is C24H40N2O4S2. The van der Waals surface area contributed by atoms with Gasteiger partial charge in [0.05, 0.1) is 5.56 Å². The summed E-state index contributed by atoms with van der Waals surface area (Å²) in [5.74, 6) is -0.421. The fraction of sp³-hybridized carbons (Fsp3) is 0.625. The lowest BCUT2D eigenvalue weighted by atomic mass is 10.0. The molecule has 8 heteroatoms. The molecule has 0 atom stereocenters. The number of nitrogens with two attached hydrogens (primary N) is 1. The standard InChI is InChI=1S/C24H40N2O4S2/c25-24(27)22-20-21(17-18-23(22)31)16-14-12-10-8-6-4-2-1-3-5-7-9-11-13-15-19-26-32(28,29)30/h1,3,17-18,20,26,31H,2,4-16,19H2,(H2,25,27)(H,28,29,30)/b3-1-. The average Bonchev–Trinajstić information content (AvgIpc) is 2.73. The van der Waals surface area contributed by atoms with Gasteiger partial charge in [0.2, 0.25) is 5.91 Å². The summed E-state index contributed by atoms with van der Waals surface area (Å²) in [6.07, 6.45) is 20.3. The lowest BCUT2D eigenvalue weighted by Crippen LogP contribution is -2.23. The highest BCUT2D eigenvalue weighted by Gasteiger charge is 2.06. The molecule has 1 rings (SSSR count). The molecule has 0 aliphatic carbocycles. The molecule has 32 heavy (non-hydrogen) atoms. The van der Waals surface area contributed by atoms with Crippen LogP contribution in [0.5, 0.6) is 0 Å². The van der Waals surface area contributed by atoms with Gasteiger partial charge in [-0.1, -0.05) is 63.2 Å². The molecule has 0 spiro atoms. The maximum absolute atomic E-state index is 11.4. The SMILES string of the molecule is NC(=O)c1cc(CCCCCCCC/C=C\CCCCCCCNS(=O)(=O)O)ccc1S. The zero-order chi connectivity index (χ0) is 23.7. The van der Waals surface area contributed by atoms with Crippen LogP contribution in [-0.4, -0.2) is 25.4 Å². The number of thiol groups is 1. The Kier molecular flexibility index (Phi) is 15.4. The summed E-state index contributed by atoms with van der Waals surface area (Å²) in [7, 11) is -4.03. The molecule has 1 amide bonds. The average molecular weight is 485 g/mol. The molecule has 0 unspecified atom stereocenters. The Labute approximate surface area is 199 Å². The zero-order valence-corrected chi connectivity index (χ0v) is 20.8. The molecule has 1 aromatic carbocycles. The normalized spacial score (nSPS) is 11.9. The number of hydrogen-bond donors (Lipinski definition) is 4. The number of amides is 1. The van der Waals surface area contributed by atoms with E-state index >= 15 is 0 Å². The van der Waals surface area contributed by atoms with E-state index < -0.39 is 16.2 Å². The Balaban J connectivity index is 1.89. The Morgan fingerprint density at radius 1 is 0.906 bits per heavy atom. The lowest BCUT2D eigenvalue weighted by Gasteiger charge is -2.06. The first-order chi connectivity index (χ1) is 15.3. The first-order valence-corrected chi connectivity index (χ1v) is 13.7. The van der Waals surface area contributed by atoms with E-state index in [0.717, 1.165) is 56.9 Å². The molecule has 6 nitrogen and oxygen atoms in total. The van der Waals surface area contributed by atoms with Crippen LogP contribution in [0, 0.1) is 0 Å². The number of primary amides is 1. The fourth-order valence-electron chi connectivity index (χ4n) is 3.59. The summed E-state index contributed by atoms with van der Waals surface area (Å²) in [6, 6.07) is 5.73. The monoisotopic (exact) mass is 484 g/mol. The number of allylic oxidation sites excluding steroid dienone is 2. The number of benzene rings is 1. The van der Waals surface area contributed by atoms with Gasteiger partial charge in [-0.2, -0.15) is 13.1 Å². The number of unbranched alkanes of at least 4 members (excludes halogenated alkanes) is 11. The third-order valence-electron chi connectivity index (χ3n) is 5.41. The topological polar surface area (TPSA) is 109 Å². The van der Waals surface area contributed by atoms with Crippen molar-refractivity contribution in [2.45, 2.75) is 94.8 Å². The van der Waals surface area contributed by atoms with Gasteiger partial charge in [0.15, 0.2) is 0 Å². The van der Waals surface area contributed by atoms with Crippen LogP contribution >= 0.6 is 12.6 Å². The Bertz CT molecular complexity index is 795. The summed E-state index contributed by atoms with van der Waals surface area (Å²) in [4.78, 5) is 12.0. The Hall–Kier alpha value is -1.35. The van der Waals surface area contributed by atoms with E-state index in [1.54, 1.807) is 0 Å². The van der Waals surface area contributed by atoms with Crippen LogP contribution < -0.4 is 10.5 Å². The number of aryl methyl sites for hydroxylation is 1. The van der Waals surface area contributed by atoms with Crippen molar-refractivity contribution in [3.05, 3.63) is 41.5 Å². The third kappa shape index (κ3) is 15.5. The van der Waals surface area contributed by atoms with Crippen molar-refractivity contribution in [2.75, 3.05) is 6.54 Å². The number of hydrogen-bond acceptors (Lipinski definition) is 4. The number of rotatable bonds is 19. The predicted molar refractivity (Wildman–Crippen MR) is 135 cm³/mol. The Morgan fingerprint density at radius 3 is 2.00 bits per heavy atom. The molecule has 4 N–H and O–H groups in total. The van der Waals surface area contributed by atoms with Crippen LogP contribution in [0.3, 0.4) is 0 Å². The minimum Gasteiger partial charge on any atom is -0.366 e. The van der Waals surface area contributed by atoms with Crippen LogP contribution in [0.15, 0.2) is 35.2 Å². The van der Waals surface area contributed by atoms with Gasteiger partial charge in [-0.25, -0.2) is 0 Å². The van der Waals surface area contributed by atoms with Crippen molar-refractivity contribution in [1.29, 1.82) is 0 Å². The highest BCUT2D eigenvalue weighted by atomic mass is 32.2. The molecule has 0 aliphatic heterocycles. The number of carbonyl (C=O) groups excluding carboxylic acids is 1. The van der Waals surface area contributed by atoms with Gasteiger partial charge in [-0.15, -0.1) is 12.6 Å². The largest absolute Gasteiger partial charge is 0.366 e. The van der Waals surface area contributed by atoms with Crippen molar-refractivity contribution in [3.8, 4) is 0 Å². The van der Waals surface area contributed by atoms with E-state index in [0.29, 0.717) is 17.0 Å². The molecule has 0 aromatic heterocycles. The van der Waals surface area contributed by atoms with Gasteiger partial charge in [0, 0.05) is 11.4 Å². The summed E-state index contributed by atoms with van der Waals surface area (Å²) < 4.78 is 31.6. The summed E-state index contributed by atoms with van der Waals surface area (Å²) >= 11 is 4.27. The zero-order valence-electron chi connectivity index (χ0n) is 19.1. The van der Waals surface area contributed by atoms with E-state index in [4.69, 9.17) is 10.3 Å². The summed E-state index contributed by atoms with van der Waals surface area (Å²) in [5, 5.41) is 0. The van der Waals surface area contributed by atoms with Crippen LogP contribution in [-0.2, 0) is 16.7 Å². The highest BCUT2D eigenvalue weighted by Crippen LogP contribution is 2.18. The van der Waals surface area contributed by atoms with Gasteiger partial charge in [0.25, 0.3) is 0 Å². The fourth-order valence-corrected chi connectivity index (χ4v) is 4.24. The lowest BCUT2D eigenvalue weighted by molar-refractivity contribution is 0.0997. The van der Waals surface area contributed by atoms with Gasteiger partial charge in [-0.05, 0) is 62.6 Å². The van der Waals surface area contributed by atoms with Crippen molar-refractivity contribution >= 4 is 28.8 Å². The van der Waals surface area contributed by atoms with Gasteiger partial charge < -0.3 is 5.73 Å². The van der Waals surface area contributed by atoms with Crippen LogP contribution in [0.4, 0.5) is 0 Å². The van der Waals surface area contributed by atoms with E-state index in [-0.39, 0.29) is 0 Å². The smallest absolute Gasteiger partial charge is 0.333 e. The summed E-state index contributed by atoms with van der Waals surface area (Å²) in [5.41, 5.74) is 7.03. The molecule has 0 saturated heterocycles. The molecule has 0 saturated carbocycles. The number of carbonyl (C=O) groups is 1. The third-order valence-corrected chi connectivity index (χ3v) is 6.37. The maximum Gasteiger partial charge on any atom is 0.333 e. The highest BCUT2D eigenvalue weighted by molar-refractivity contribution is 7.83. The van der Waals surface area contributed by atoms with Crippen molar-refractivity contribution in [3.63, 3.8) is 0 Å². The molecule has 0 fully saturated rings. The van der Waals surface area contributed by atoms with Crippen LogP contribution in [0.1, 0.15) is 99.4 Å². The second kappa shape index (κ2) is 17.2. The summed E-state index contributed by atoms with van der Waals surface area (Å²) in [6.45, 7) is 0.306. The predicted octanol–water partition coefficient (Wildman–Crippen LogP) is 5.64. The first-order valence-electron chi connectivity index (χ1n) is 11.8. The van der Waals surface area contributed by atoms with Crippen molar-refractivity contribution < 1.29 is 17.8 Å². The first kappa shape index (κ1) is 28.7. The molecule has 0 bridgehead atoms. The second-order valence-electron chi connectivity index (χ2n) is 8.27. The minimum atomic E-state index is -4.03. The van der Waals surface area contributed by atoms with Crippen LogP contribution in [0.25, 0.3) is 0 Å². The maximum atomic E-state index is 11.4. The van der Waals surface area contributed by atoms with E-state index in [2.05, 4.69) is 29.5 Å². The molecule has 0 radical (unpaired) electrons. The van der Waals surface area contributed by atoms with E-state index in [1.165, 1.54) is 38.5 Å². The van der Waals surface area contributed by atoms with E-state index in [1.807, 2.05) is 18.2 Å². The van der Waals surface area contributed by atoms with Gasteiger partial charge in [-0.3, -0.25) is 9.35 Å². The quantitative estimate of drug-likeness (QED) is 0.0882. The van der Waals surface area contributed by atoms with Crippen molar-refractivity contribution in [2.24, 2.45) is 5.73 Å². The Morgan fingerprint density at radius 2 is 1.44 bits per heavy atom. The molecule has 0 aliphatic rings. The van der Waals surface area contributed by atoms with E-state index in [9.17, 15) is 13.2 Å². The molecular weight excluding hydrogens is 444 g/mol. The van der Waals surface area contributed by atoms with Crippen molar-refractivity contribution in [1.82, 2.24) is 4.72 Å². The number of nitrogens with one attached hydrogen (secondary N) is 1. The minimum absolute atomic E-state index is 0.306. The van der Waals surface area contributed by atoms with Gasteiger partial charge >= 0.3 is 10.3 Å². The molecule has 1 aromatic rings. The van der Waals surface area contributed by atoms with Crippen LogP contribution in [0.2, 0.25) is 0 Å². The van der Waals surface area contributed by atoms with Gasteiger partial charge in [0.1, 0.15) is 0 Å². The second-order valence-corrected chi connectivity index (χ2v) is 9.99. The molecule has 182 valence electrons. The molecule has 0 heterocycles.